The van der Waals surface area contributed by atoms with E-state index in [1.165, 1.54) is 0 Å². The Morgan fingerprint density at radius 3 is 2.62 bits per heavy atom. The molecule has 3 aliphatic carbocycles. The minimum absolute atomic E-state index is 0.00482. The van der Waals surface area contributed by atoms with Gasteiger partial charge in [-0.15, -0.1) is 0 Å². The van der Waals surface area contributed by atoms with E-state index >= 15 is 0 Å². The SMILES string of the molecule is CC(C)C1=CC(=O)C2=C(CC[C@H]3C4=C(CC[C@@]23C)C(=O)OC4)C1=O. The number of ether oxygens (including phenoxy) is 1. The number of rotatable bonds is 1. The molecule has 0 aromatic rings. The maximum atomic E-state index is 12.9. The molecule has 4 heteroatoms. The third kappa shape index (κ3) is 1.89. The van der Waals surface area contributed by atoms with Crippen molar-refractivity contribution in [2.45, 2.75) is 46.5 Å². The standard InChI is InChI=1S/C20H22O4/c1-10(2)13-8-16(21)17-12(18(13)22)4-5-15-14-9-24-19(23)11(14)6-7-20(15,17)3/h8,10,15H,4-7,9H2,1-3H3/t15-,20+/m0/s1. The summed E-state index contributed by atoms with van der Waals surface area (Å²) < 4.78 is 5.23. The Morgan fingerprint density at radius 1 is 1.17 bits per heavy atom. The third-order valence-electron chi connectivity index (χ3n) is 6.32. The molecule has 126 valence electrons. The van der Waals surface area contributed by atoms with Crippen LogP contribution in [0.15, 0.2) is 33.9 Å². The first-order chi connectivity index (χ1) is 11.3. The summed E-state index contributed by atoms with van der Waals surface area (Å²) in [5, 5.41) is 0. The van der Waals surface area contributed by atoms with Crippen molar-refractivity contribution in [3.63, 3.8) is 0 Å². The molecule has 0 bridgehead atoms. The molecular weight excluding hydrogens is 304 g/mol. The Hall–Kier alpha value is -1.97. The highest BCUT2D eigenvalue weighted by molar-refractivity contribution is 6.23. The van der Waals surface area contributed by atoms with Crippen molar-refractivity contribution in [3.05, 3.63) is 33.9 Å². The number of allylic oxidation sites excluding steroid dienone is 4. The molecule has 24 heavy (non-hydrogen) atoms. The summed E-state index contributed by atoms with van der Waals surface area (Å²) in [5.74, 6) is 0.0483. The highest BCUT2D eigenvalue weighted by Crippen LogP contribution is 2.57. The second-order valence-electron chi connectivity index (χ2n) is 7.89. The maximum Gasteiger partial charge on any atom is 0.334 e. The number of Topliss-reactive ketones (excluding diaryl/α,β-unsaturated/α-hetero) is 1. The number of carbonyl (C=O) groups is 3. The van der Waals surface area contributed by atoms with Gasteiger partial charge in [-0.3, -0.25) is 9.59 Å². The predicted molar refractivity (Wildman–Crippen MR) is 88.0 cm³/mol. The van der Waals surface area contributed by atoms with Gasteiger partial charge in [0.25, 0.3) is 0 Å². The summed E-state index contributed by atoms with van der Waals surface area (Å²) in [5.41, 5.74) is 3.59. The van der Waals surface area contributed by atoms with Crippen LogP contribution in [0, 0.1) is 17.3 Å². The molecule has 0 unspecified atom stereocenters. The molecule has 4 rings (SSSR count). The lowest BCUT2D eigenvalue weighted by atomic mass is 9.54. The van der Waals surface area contributed by atoms with Gasteiger partial charge >= 0.3 is 5.97 Å². The third-order valence-corrected chi connectivity index (χ3v) is 6.32. The largest absolute Gasteiger partial charge is 0.458 e. The van der Waals surface area contributed by atoms with Gasteiger partial charge in [-0.2, -0.15) is 0 Å². The average Bonchev–Trinajstić information content (AvgIpc) is 2.90. The lowest BCUT2D eigenvalue weighted by molar-refractivity contribution is -0.136. The van der Waals surface area contributed by atoms with Crippen LogP contribution in [0.4, 0.5) is 0 Å². The van der Waals surface area contributed by atoms with Crippen LogP contribution in [-0.2, 0) is 19.1 Å². The second kappa shape index (κ2) is 5.01. The number of carbonyl (C=O) groups excluding carboxylic acids is 3. The number of ketones is 2. The van der Waals surface area contributed by atoms with E-state index in [-0.39, 0.29) is 34.8 Å². The van der Waals surface area contributed by atoms with Gasteiger partial charge in [0.2, 0.25) is 0 Å². The Balaban J connectivity index is 1.81. The predicted octanol–water partition coefficient (Wildman–Crippen LogP) is 3.08. The quantitative estimate of drug-likeness (QED) is 0.549. The summed E-state index contributed by atoms with van der Waals surface area (Å²) in [7, 11) is 0. The summed E-state index contributed by atoms with van der Waals surface area (Å²) in [6, 6.07) is 0. The van der Waals surface area contributed by atoms with Gasteiger partial charge in [0, 0.05) is 27.7 Å². The first-order valence-electron chi connectivity index (χ1n) is 8.78. The van der Waals surface area contributed by atoms with Crippen LogP contribution in [0.3, 0.4) is 0 Å². The molecule has 4 nitrogen and oxygen atoms in total. The Kier molecular flexibility index (Phi) is 3.25. The van der Waals surface area contributed by atoms with Crippen molar-refractivity contribution in [2.75, 3.05) is 6.61 Å². The molecule has 0 fully saturated rings. The molecule has 0 N–H and O–H groups in total. The van der Waals surface area contributed by atoms with Crippen LogP contribution in [0.25, 0.3) is 0 Å². The maximum absolute atomic E-state index is 12.9. The zero-order chi connectivity index (χ0) is 17.2. The summed E-state index contributed by atoms with van der Waals surface area (Å²) in [6.07, 6.45) is 4.36. The van der Waals surface area contributed by atoms with Gasteiger partial charge in [-0.1, -0.05) is 20.8 Å². The number of hydrogen-bond acceptors (Lipinski definition) is 4. The summed E-state index contributed by atoms with van der Waals surface area (Å²) in [4.78, 5) is 37.7. The number of cyclic esters (lactones) is 1. The molecule has 0 saturated carbocycles. The molecular formula is C20H22O4. The van der Waals surface area contributed by atoms with Gasteiger partial charge in [-0.25, -0.2) is 4.79 Å². The van der Waals surface area contributed by atoms with E-state index < -0.39 is 0 Å². The van der Waals surface area contributed by atoms with Crippen LogP contribution >= 0.6 is 0 Å². The van der Waals surface area contributed by atoms with Crippen LogP contribution in [0.1, 0.15) is 46.5 Å². The lowest BCUT2D eigenvalue weighted by Gasteiger charge is -2.47. The molecule has 0 spiro atoms. The summed E-state index contributed by atoms with van der Waals surface area (Å²) >= 11 is 0. The van der Waals surface area contributed by atoms with E-state index in [9.17, 15) is 14.4 Å². The van der Waals surface area contributed by atoms with E-state index in [0.29, 0.717) is 30.6 Å². The van der Waals surface area contributed by atoms with Crippen molar-refractivity contribution in [1.82, 2.24) is 0 Å². The second-order valence-corrected chi connectivity index (χ2v) is 7.89. The average molecular weight is 326 g/mol. The highest BCUT2D eigenvalue weighted by atomic mass is 16.5. The highest BCUT2D eigenvalue weighted by Gasteiger charge is 2.52. The zero-order valence-corrected chi connectivity index (χ0v) is 14.4. The topological polar surface area (TPSA) is 60.4 Å². The van der Waals surface area contributed by atoms with E-state index in [1.54, 1.807) is 6.08 Å². The lowest BCUT2D eigenvalue weighted by Crippen LogP contribution is -2.43. The molecule has 0 aromatic carbocycles. The molecule has 0 radical (unpaired) electrons. The molecule has 0 saturated heterocycles. The fraction of sp³-hybridized carbons (Fsp3) is 0.550. The van der Waals surface area contributed by atoms with Crippen molar-refractivity contribution < 1.29 is 19.1 Å². The molecule has 1 aliphatic heterocycles. The van der Waals surface area contributed by atoms with Gasteiger partial charge in [0.15, 0.2) is 11.6 Å². The fourth-order valence-electron chi connectivity index (χ4n) is 5.06. The number of fused-ring (bicyclic) bond motifs is 3. The van der Waals surface area contributed by atoms with Gasteiger partial charge < -0.3 is 4.74 Å². The number of esters is 1. The van der Waals surface area contributed by atoms with E-state index in [2.05, 4.69) is 6.92 Å². The van der Waals surface area contributed by atoms with Gasteiger partial charge in [-0.05, 0) is 49.2 Å². The minimum Gasteiger partial charge on any atom is -0.458 e. The van der Waals surface area contributed by atoms with E-state index in [4.69, 9.17) is 4.74 Å². The summed E-state index contributed by atoms with van der Waals surface area (Å²) in [6.45, 7) is 6.36. The smallest absolute Gasteiger partial charge is 0.334 e. The van der Waals surface area contributed by atoms with Crippen molar-refractivity contribution >= 4 is 17.5 Å². The minimum atomic E-state index is -0.355. The Labute approximate surface area is 141 Å². The van der Waals surface area contributed by atoms with Crippen LogP contribution in [0.5, 0.6) is 0 Å². The van der Waals surface area contributed by atoms with Crippen LogP contribution in [0.2, 0.25) is 0 Å². The van der Waals surface area contributed by atoms with Crippen LogP contribution in [-0.4, -0.2) is 24.1 Å². The van der Waals surface area contributed by atoms with Crippen molar-refractivity contribution in [3.8, 4) is 0 Å². The first-order valence-corrected chi connectivity index (χ1v) is 8.78. The molecule has 4 aliphatic rings. The Bertz CT molecular complexity index is 777. The number of hydrogen-bond donors (Lipinski definition) is 0. The fourth-order valence-corrected chi connectivity index (χ4v) is 5.06. The van der Waals surface area contributed by atoms with E-state index in [0.717, 1.165) is 29.6 Å². The Morgan fingerprint density at radius 2 is 1.92 bits per heavy atom. The zero-order valence-electron chi connectivity index (χ0n) is 14.4. The van der Waals surface area contributed by atoms with Crippen LogP contribution < -0.4 is 0 Å². The van der Waals surface area contributed by atoms with E-state index in [1.807, 2.05) is 13.8 Å². The molecule has 2 atom stereocenters. The first kappa shape index (κ1) is 15.6. The monoisotopic (exact) mass is 326 g/mol. The molecule has 1 heterocycles. The molecule has 0 amide bonds. The van der Waals surface area contributed by atoms with Gasteiger partial charge in [0.05, 0.1) is 0 Å². The van der Waals surface area contributed by atoms with Gasteiger partial charge in [0.1, 0.15) is 6.61 Å². The normalized spacial score (nSPS) is 32.6. The van der Waals surface area contributed by atoms with Crippen molar-refractivity contribution in [2.24, 2.45) is 17.3 Å². The van der Waals surface area contributed by atoms with Crippen molar-refractivity contribution in [1.29, 1.82) is 0 Å². The molecule has 0 aromatic heterocycles.